The van der Waals surface area contributed by atoms with Gasteiger partial charge in [-0.05, 0) is 109 Å². The van der Waals surface area contributed by atoms with Crippen molar-refractivity contribution in [2.75, 3.05) is 26.8 Å². The Bertz CT molecular complexity index is 2150. The van der Waals surface area contributed by atoms with Crippen LogP contribution in [0, 0.1) is 11.8 Å². The second-order valence-electron chi connectivity index (χ2n) is 18.6. The van der Waals surface area contributed by atoms with Gasteiger partial charge in [-0.2, -0.15) is 0 Å². The van der Waals surface area contributed by atoms with Crippen molar-refractivity contribution in [3.8, 4) is 29.3 Å². The van der Waals surface area contributed by atoms with Crippen LogP contribution in [0.1, 0.15) is 173 Å². The maximum absolute atomic E-state index is 14.4. The highest BCUT2D eigenvalue weighted by molar-refractivity contribution is 7.27. The minimum absolute atomic E-state index is 0.0878. The Kier molecular flexibility index (Phi) is 18.9. The zero-order valence-corrected chi connectivity index (χ0v) is 42.7. The third-order valence-corrected chi connectivity index (χ3v) is 18.6. The molecule has 61 heavy (non-hydrogen) atoms. The molecule has 0 spiro atoms. The van der Waals surface area contributed by atoms with Crippen LogP contribution in [0.3, 0.4) is 0 Å². The van der Waals surface area contributed by atoms with Crippen molar-refractivity contribution < 1.29 is 14.3 Å². The van der Waals surface area contributed by atoms with E-state index in [4.69, 9.17) is 4.74 Å². The first-order valence-corrected chi connectivity index (χ1v) is 26.8. The topological polar surface area (TPSA) is 46.6 Å². The summed E-state index contributed by atoms with van der Waals surface area (Å²) in [7, 11) is 1.86. The van der Waals surface area contributed by atoms with Crippen molar-refractivity contribution >= 4 is 81.0 Å². The molecule has 332 valence electrons. The molecule has 5 rings (SSSR count). The molecule has 5 aromatic rings. The molecule has 9 heteroatoms. The van der Waals surface area contributed by atoms with Crippen molar-refractivity contribution in [2.24, 2.45) is 11.8 Å². The van der Waals surface area contributed by atoms with E-state index in [-0.39, 0.29) is 16.7 Å². The summed E-state index contributed by atoms with van der Waals surface area (Å²) in [5.74, 6) is 1.34. The van der Waals surface area contributed by atoms with Crippen LogP contribution >= 0.6 is 56.7 Å². The normalized spacial score (nSPS) is 12.9. The molecule has 0 radical (unpaired) electrons. The van der Waals surface area contributed by atoms with E-state index in [1.807, 2.05) is 29.7 Å². The largest absolute Gasteiger partial charge is 0.381 e. The Morgan fingerprint density at radius 3 is 1.87 bits per heavy atom. The highest BCUT2D eigenvalue weighted by atomic mass is 32.1. The summed E-state index contributed by atoms with van der Waals surface area (Å²) in [5, 5.41) is 0. The maximum Gasteiger partial charge on any atom is 0.255 e. The fourth-order valence-electron chi connectivity index (χ4n) is 7.76. The van der Waals surface area contributed by atoms with Crippen LogP contribution in [-0.2, 0) is 15.6 Å². The number of carbonyl (C=O) groups is 2. The summed E-state index contributed by atoms with van der Waals surface area (Å²) >= 11 is 8.91. The number of ether oxygens (including phenoxy) is 1. The van der Waals surface area contributed by atoms with Gasteiger partial charge in [-0.1, -0.05) is 107 Å². The minimum atomic E-state index is -0.223. The van der Waals surface area contributed by atoms with Crippen LogP contribution in [0.25, 0.3) is 41.4 Å². The van der Waals surface area contributed by atoms with E-state index in [2.05, 4.69) is 123 Å². The van der Waals surface area contributed by atoms with E-state index < -0.39 is 0 Å². The number of unbranched alkanes of at least 4 members (excludes halogenated alkanes) is 2. The van der Waals surface area contributed by atoms with E-state index in [0.717, 1.165) is 65.5 Å². The van der Waals surface area contributed by atoms with Gasteiger partial charge in [0.1, 0.15) is 0 Å². The van der Waals surface area contributed by atoms with E-state index in [1.54, 1.807) is 38.9 Å². The molecular formula is C52H71NO3S5. The Labute approximate surface area is 388 Å². The molecule has 5 heterocycles. The highest BCUT2D eigenvalue weighted by Crippen LogP contribution is 2.48. The number of aldehydes is 1. The number of carbonyl (C=O) groups excluding carboxylic acids is 2. The van der Waals surface area contributed by atoms with E-state index in [0.29, 0.717) is 30.2 Å². The third kappa shape index (κ3) is 13.7. The summed E-state index contributed by atoms with van der Waals surface area (Å²) in [4.78, 5) is 41.1. The quantitative estimate of drug-likeness (QED) is 0.0410. The first kappa shape index (κ1) is 49.4. The molecule has 1 amide bonds. The predicted molar refractivity (Wildman–Crippen MR) is 273 cm³/mol. The second-order valence-corrected chi connectivity index (χ2v) is 24.0. The van der Waals surface area contributed by atoms with Crippen LogP contribution in [-0.4, -0.2) is 43.9 Å². The summed E-state index contributed by atoms with van der Waals surface area (Å²) in [5.41, 5.74) is 1.10. The summed E-state index contributed by atoms with van der Waals surface area (Å²) in [6.45, 7) is 22.5. The molecule has 0 saturated carbocycles. The van der Waals surface area contributed by atoms with E-state index in [1.165, 1.54) is 72.7 Å². The first-order chi connectivity index (χ1) is 29.2. The molecule has 5 aromatic heterocycles. The van der Waals surface area contributed by atoms with Crippen LogP contribution < -0.4 is 0 Å². The fourth-order valence-corrected chi connectivity index (χ4v) is 13.4. The average Bonchev–Trinajstić information content (AvgIpc) is 4.08. The van der Waals surface area contributed by atoms with Crippen molar-refractivity contribution in [1.29, 1.82) is 0 Å². The Morgan fingerprint density at radius 1 is 0.672 bits per heavy atom. The predicted octanol–water partition coefficient (Wildman–Crippen LogP) is 17.2. The lowest BCUT2D eigenvalue weighted by Crippen LogP contribution is -2.29. The van der Waals surface area contributed by atoms with Crippen LogP contribution in [0.4, 0.5) is 0 Å². The van der Waals surface area contributed by atoms with Crippen molar-refractivity contribution in [2.45, 2.75) is 144 Å². The van der Waals surface area contributed by atoms with Gasteiger partial charge >= 0.3 is 0 Å². The maximum atomic E-state index is 14.4. The number of hydrogen-bond donors (Lipinski definition) is 0. The molecule has 0 N–H and O–H groups in total. The smallest absolute Gasteiger partial charge is 0.255 e. The molecule has 0 aliphatic rings. The lowest BCUT2D eigenvalue weighted by atomic mass is 9.83. The van der Waals surface area contributed by atoms with Crippen molar-refractivity contribution in [1.82, 2.24) is 4.90 Å². The number of hydrogen-bond acceptors (Lipinski definition) is 8. The molecule has 4 nitrogen and oxygen atoms in total. The van der Waals surface area contributed by atoms with Gasteiger partial charge in [-0.3, -0.25) is 9.59 Å². The van der Waals surface area contributed by atoms with Crippen molar-refractivity contribution in [3.05, 3.63) is 79.2 Å². The SMILES string of the molecule is CCCCC(C)(C)c1ccc(-c2ccc(/C=C/c3ccc(-c4ccc(-c5sc(C(C)(C)CCCC)c(C=O)c5C(=O)N(C)CCCOCCC(C)CCCC(C)C)s4)s3)s2)s1. The zero-order valence-electron chi connectivity index (χ0n) is 38.6. The molecule has 0 aliphatic heterocycles. The lowest BCUT2D eigenvalue weighted by molar-refractivity contribution is 0.0754. The summed E-state index contributed by atoms with van der Waals surface area (Å²) in [6.07, 6.45) is 17.9. The molecule has 0 aromatic carbocycles. The van der Waals surface area contributed by atoms with Crippen LogP contribution in [0.15, 0.2) is 48.5 Å². The first-order valence-electron chi connectivity index (χ1n) is 22.7. The minimum Gasteiger partial charge on any atom is -0.381 e. The molecule has 0 bridgehead atoms. The average molecular weight is 918 g/mol. The molecule has 1 unspecified atom stereocenters. The Balaban J connectivity index is 1.28. The molecule has 1 atom stereocenters. The third-order valence-electron chi connectivity index (χ3n) is 11.8. The van der Waals surface area contributed by atoms with Crippen molar-refractivity contribution in [3.63, 3.8) is 0 Å². The Morgan fingerprint density at radius 2 is 1.25 bits per heavy atom. The number of nitrogens with zero attached hydrogens (tertiary/aromatic N) is 1. The molecule has 0 saturated heterocycles. The summed E-state index contributed by atoms with van der Waals surface area (Å²) in [6, 6.07) is 17.8. The van der Waals surface area contributed by atoms with Gasteiger partial charge in [-0.15, -0.1) is 56.7 Å². The zero-order chi connectivity index (χ0) is 44.2. The summed E-state index contributed by atoms with van der Waals surface area (Å²) < 4.78 is 6.02. The monoisotopic (exact) mass is 917 g/mol. The highest BCUT2D eigenvalue weighted by Gasteiger charge is 2.34. The van der Waals surface area contributed by atoms with Gasteiger partial charge in [0.15, 0.2) is 6.29 Å². The van der Waals surface area contributed by atoms with Gasteiger partial charge in [0.2, 0.25) is 0 Å². The van der Waals surface area contributed by atoms with E-state index >= 15 is 0 Å². The van der Waals surface area contributed by atoms with E-state index in [9.17, 15) is 9.59 Å². The second kappa shape index (κ2) is 23.3. The number of amides is 1. The molecular weight excluding hydrogens is 847 g/mol. The van der Waals surface area contributed by atoms with Gasteiger partial charge in [0, 0.05) is 76.3 Å². The number of thiophene rings is 5. The fraction of sp³-hybridized carbons (Fsp3) is 0.538. The van der Waals surface area contributed by atoms with Gasteiger partial charge in [-0.25, -0.2) is 0 Å². The Hall–Kier alpha value is -2.66. The van der Waals surface area contributed by atoms with Gasteiger partial charge in [0.05, 0.1) is 10.4 Å². The lowest BCUT2D eigenvalue weighted by Gasteiger charge is -2.24. The number of rotatable bonds is 26. The van der Waals surface area contributed by atoms with Crippen LogP contribution in [0.5, 0.6) is 0 Å². The van der Waals surface area contributed by atoms with Crippen LogP contribution in [0.2, 0.25) is 0 Å². The van der Waals surface area contributed by atoms with Gasteiger partial charge in [0.25, 0.3) is 5.91 Å². The standard InChI is InChI=1S/C52H71NO3S5/c1-11-13-30-51(6,7)46-28-27-44(60-46)42-24-22-39(58-42)20-19-38-21-23-41(57-38)43-25-26-45(59-43)48-47(40(35-54)49(61-48)52(8,9)31-14-12-2)50(55)53(10)32-16-33-56-34-29-37(5)18-15-17-36(3)4/h19-28,35-37H,11-18,29-34H2,1-10H3/b20-19+. The van der Waals surface area contributed by atoms with Gasteiger partial charge < -0.3 is 9.64 Å². The molecule has 0 aliphatic carbocycles. The molecule has 0 fully saturated rings.